The van der Waals surface area contributed by atoms with Crippen LogP contribution in [0.3, 0.4) is 0 Å². The third kappa shape index (κ3) is 3.46. The summed E-state index contributed by atoms with van der Waals surface area (Å²) in [6, 6.07) is 0.0923. The van der Waals surface area contributed by atoms with Gasteiger partial charge in [-0.2, -0.15) is 18.3 Å². The Morgan fingerprint density at radius 2 is 1.94 bits per heavy atom. The lowest BCUT2D eigenvalue weighted by Crippen LogP contribution is -2.16. The molecule has 1 heterocycles. The molecule has 0 radical (unpaired) electrons. The zero-order valence-corrected chi connectivity index (χ0v) is 10.5. The number of aromatic nitrogens is 2. The van der Waals surface area contributed by atoms with Crippen molar-refractivity contribution >= 4 is 0 Å². The van der Waals surface area contributed by atoms with Crippen molar-refractivity contribution in [3.8, 4) is 0 Å². The smallest absolute Gasteiger partial charge is 0.313 e. The molecular formula is C11H18F3N3. The second-order valence-corrected chi connectivity index (χ2v) is 4.18. The first-order valence-corrected chi connectivity index (χ1v) is 5.54. The summed E-state index contributed by atoms with van der Waals surface area (Å²) >= 11 is 0. The van der Waals surface area contributed by atoms with Crippen molar-refractivity contribution in [3.63, 3.8) is 0 Å². The van der Waals surface area contributed by atoms with Crippen LogP contribution in [0.5, 0.6) is 0 Å². The van der Waals surface area contributed by atoms with Crippen LogP contribution < -0.4 is 5.32 Å². The minimum Gasteiger partial charge on any atom is -0.313 e. The number of hydrogen-bond donors (Lipinski definition) is 1. The van der Waals surface area contributed by atoms with Gasteiger partial charge < -0.3 is 5.32 Å². The molecule has 98 valence electrons. The molecular weight excluding hydrogens is 231 g/mol. The normalized spacial score (nSPS) is 14.1. The van der Waals surface area contributed by atoms with E-state index in [1.54, 1.807) is 6.92 Å². The first-order valence-electron chi connectivity index (χ1n) is 5.54. The van der Waals surface area contributed by atoms with E-state index in [0.29, 0.717) is 0 Å². The van der Waals surface area contributed by atoms with E-state index in [9.17, 15) is 13.2 Å². The number of hydrogen-bond acceptors (Lipinski definition) is 2. The monoisotopic (exact) mass is 249 g/mol. The Balaban J connectivity index is 2.89. The molecule has 0 bridgehead atoms. The molecule has 0 saturated heterocycles. The summed E-state index contributed by atoms with van der Waals surface area (Å²) in [5.74, 6) is 0. The Bertz CT molecular complexity index is 382. The highest BCUT2D eigenvalue weighted by atomic mass is 19.4. The Kier molecular flexibility index (Phi) is 4.19. The lowest BCUT2D eigenvalue weighted by molar-refractivity contribution is -0.137. The minimum absolute atomic E-state index is 0.0923. The molecule has 6 heteroatoms. The summed E-state index contributed by atoms with van der Waals surface area (Å²) in [5, 5.41) is 7.23. The first kappa shape index (κ1) is 14.0. The van der Waals surface area contributed by atoms with Crippen molar-refractivity contribution in [2.75, 3.05) is 7.05 Å². The van der Waals surface area contributed by atoms with Gasteiger partial charge in [-0.05, 0) is 27.8 Å². The zero-order chi connectivity index (χ0) is 13.2. The lowest BCUT2D eigenvalue weighted by Gasteiger charge is -2.12. The van der Waals surface area contributed by atoms with E-state index in [1.165, 1.54) is 4.68 Å². The second-order valence-electron chi connectivity index (χ2n) is 4.18. The van der Waals surface area contributed by atoms with Gasteiger partial charge in [-0.25, -0.2) is 0 Å². The van der Waals surface area contributed by atoms with Crippen LogP contribution >= 0.6 is 0 Å². The van der Waals surface area contributed by atoms with Gasteiger partial charge in [0.15, 0.2) is 0 Å². The van der Waals surface area contributed by atoms with Gasteiger partial charge >= 0.3 is 6.18 Å². The Labute approximate surface area is 99.0 Å². The summed E-state index contributed by atoms with van der Waals surface area (Å²) in [7, 11) is 1.82. The standard InChI is InChI=1S/C11H18F3N3/c1-7(15-4)10-8(2)16-17(9(10)3)6-5-11(12,13)14/h7,15H,5-6H2,1-4H3. The second kappa shape index (κ2) is 5.08. The van der Waals surface area contributed by atoms with Crippen molar-refractivity contribution < 1.29 is 13.2 Å². The van der Waals surface area contributed by atoms with E-state index in [2.05, 4.69) is 10.4 Å². The number of alkyl halides is 3. The van der Waals surface area contributed by atoms with Gasteiger partial charge in [0.1, 0.15) is 0 Å². The molecule has 3 nitrogen and oxygen atoms in total. The molecule has 0 spiro atoms. The summed E-state index contributed by atoms with van der Waals surface area (Å²) in [6.45, 7) is 5.47. The van der Waals surface area contributed by atoms with E-state index in [4.69, 9.17) is 0 Å². The van der Waals surface area contributed by atoms with Gasteiger partial charge in [-0.1, -0.05) is 0 Å². The largest absolute Gasteiger partial charge is 0.390 e. The van der Waals surface area contributed by atoms with Crippen LogP contribution in [0.15, 0.2) is 0 Å². The molecule has 1 N–H and O–H groups in total. The third-order valence-corrected chi connectivity index (χ3v) is 2.91. The van der Waals surface area contributed by atoms with Crippen molar-refractivity contribution in [2.45, 2.75) is 46.0 Å². The van der Waals surface area contributed by atoms with Crippen LogP contribution in [0.25, 0.3) is 0 Å². The fourth-order valence-corrected chi connectivity index (χ4v) is 1.93. The van der Waals surface area contributed by atoms with Crippen LogP contribution in [0.4, 0.5) is 13.2 Å². The maximum atomic E-state index is 12.2. The van der Waals surface area contributed by atoms with E-state index in [-0.39, 0.29) is 12.6 Å². The van der Waals surface area contributed by atoms with E-state index in [0.717, 1.165) is 17.0 Å². The molecule has 0 saturated carbocycles. The van der Waals surface area contributed by atoms with Gasteiger partial charge in [0.05, 0.1) is 12.1 Å². The number of halogens is 3. The van der Waals surface area contributed by atoms with Crippen molar-refractivity contribution in [3.05, 3.63) is 17.0 Å². The molecule has 1 unspecified atom stereocenters. The molecule has 1 aromatic rings. The van der Waals surface area contributed by atoms with Crippen molar-refractivity contribution in [1.82, 2.24) is 15.1 Å². The molecule has 17 heavy (non-hydrogen) atoms. The Hall–Kier alpha value is -1.04. The number of nitrogens with one attached hydrogen (secondary N) is 1. The highest BCUT2D eigenvalue weighted by molar-refractivity contribution is 5.27. The van der Waals surface area contributed by atoms with Gasteiger partial charge in [0, 0.05) is 23.8 Å². The van der Waals surface area contributed by atoms with Gasteiger partial charge in [-0.15, -0.1) is 0 Å². The highest BCUT2D eigenvalue weighted by Gasteiger charge is 2.27. The fourth-order valence-electron chi connectivity index (χ4n) is 1.93. The SMILES string of the molecule is CNC(C)c1c(C)nn(CCC(F)(F)F)c1C. The predicted molar refractivity (Wildman–Crippen MR) is 59.8 cm³/mol. The molecule has 1 atom stereocenters. The average Bonchev–Trinajstić information content (AvgIpc) is 2.49. The lowest BCUT2D eigenvalue weighted by atomic mass is 10.1. The third-order valence-electron chi connectivity index (χ3n) is 2.91. The van der Waals surface area contributed by atoms with Crippen LogP contribution in [0.2, 0.25) is 0 Å². The zero-order valence-electron chi connectivity index (χ0n) is 10.5. The summed E-state index contributed by atoms with van der Waals surface area (Å²) in [6.07, 6.45) is -4.98. The summed E-state index contributed by atoms with van der Waals surface area (Å²) in [4.78, 5) is 0. The quantitative estimate of drug-likeness (QED) is 0.889. The summed E-state index contributed by atoms with van der Waals surface area (Å²) in [5.41, 5.74) is 2.56. The number of aryl methyl sites for hydroxylation is 2. The van der Waals surface area contributed by atoms with Crippen LogP contribution in [0.1, 0.15) is 36.3 Å². The van der Waals surface area contributed by atoms with Gasteiger partial charge in [-0.3, -0.25) is 4.68 Å². The fraction of sp³-hybridized carbons (Fsp3) is 0.727. The van der Waals surface area contributed by atoms with Crippen LogP contribution in [-0.2, 0) is 6.54 Å². The molecule has 1 aromatic heterocycles. The predicted octanol–water partition coefficient (Wildman–Crippen LogP) is 2.73. The van der Waals surface area contributed by atoms with E-state index in [1.807, 2.05) is 20.9 Å². The number of rotatable bonds is 4. The molecule has 0 amide bonds. The van der Waals surface area contributed by atoms with Crippen molar-refractivity contribution in [2.24, 2.45) is 0 Å². The average molecular weight is 249 g/mol. The maximum Gasteiger partial charge on any atom is 0.390 e. The van der Waals surface area contributed by atoms with E-state index >= 15 is 0 Å². The minimum atomic E-state index is -4.14. The molecule has 0 aromatic carbocycles. The topological polar surface area (TPSA) is 29.9 Å². The van der Waals surface area contributed by atoms with Gasteiger partial charge in [0.2, 0.25) is 0 Å². The molecule has 0 fully saturated rings. The van der Waals surface area contributed by atoms with Crippen LogP contribution in [-0.4, -0.2) is 23.0 Å². The molecule has 0 aliphatic carbocycles. The first-order chi connectivity index (χ1) is 7.76. The number of nitrogens with zero attached hydrogens (tertiary/aromatic N) is 2. The van der Waals surface area contributed by atoms with Crippen molar-refractivity contribution in [1.29, 1.82) is 0 Å². The van der Waals surface area contributed by atoms with Gasteiger partial charge in [0.25, 0.3) is 0 Å². The maximum absolute atomic E-state index is 12.2. The van der Waals surface area contributed by atoms with Crippen LogP contribution in [0, 0.1) is 13.8 Å². The van der Waals surface area contributed by atoms with E-state index < -0.39 is 12.6 Å². The highest BCUT2D eigenvalue weighted by Crippen LogP contribution is 2.24. The molecule has 0 aliphatic heterocycles. The molecule has 1 rings (SSSR count). The summed E-state index contributed by atoms with van der Waals surface area (Å²) < 4.78 is 37.9. The molecule has 0 aliphatic rings. The Morgan fingerprint density at radius 3 is 2.41 bits per heavy atom. The Morgan fingerprint density at radius 1 is 1.35 bits per heavy atom.